The van der Waals surface area contributed by atoms with Crippen molar-refractivity contribution >= 4 is 29.2 Å². The Bertz CT molecular complexity index is 581. The zero-order valence-electron chi connectivity index (χ0n) is 11.9. The van der Waals surface area contributed by atoms with Crippen LogP contribution in [0, 0.1) is 17.8 Å². The molecule has 2 atom stereocenters. The first-order chi connectivity index (χ1) is 10.0. The Morgan fingerprint density at radius 3 is 2.48 bits per heavy atom. The van der Waals surface area contributed by atoms with Crippen LogP contribution in [-0.4, -0.2) is 21.7 Å². The monoisotopic (exact) mass is 307 g/mol. The lowest BCUT2D eigenvalue weighted by Crippen LogP contribution is -2.32. The number of nitrogen functional groups attached to an aromatic ring is 1. The van der Waals surface area contributed by atoms with E-state index in [-0.39, 0.29) is 30.2 Å². The number of aromatic nitrogens is 1. The minimum absolute atomic E-state index is 0.0822. The van der Waals surface area contributed by atoms with Crippen LogP contribution in [0.3, 0.4) is 0 Å². The van der Waals surface area contributed by atoms with Crippen molar-refractivity contribution in [3.8, 4) is 0 Å². The van der Waals surface area contributed by atoms with Crippen LogP contribution < -0.4 is 5.73 Å². The molecule has 1 aliphatic heterocycles. The molecule has 2 unspecified atom stereocenters. The second-order valence-corrected chi connectivity index (χ2v) is 6.29. The number of imide groups is 1. The summed E-state index contributed by atoms with van der Waals surface area (Å²) in [5, 5.41) is 0.424. The fraction of sp³-hybridized carbons (Fsp3) is 0.533. The van der Waals surface area contributed by atoms with E-state index >= 15 is 0 Å². The van der Waals surface area contributed by atoms with Crippen molar-refractivity contribution in [1.29, 1.82) is 0 Å². The molecule has 0 radical (unpaired) electrons. The largest absolute Gasteiger partial charge is 0.384 e. The van der Waals surface area contributed by atoms with Gasteiger partial charge in [0.25, 0.3) is 0 Å². The molecule has 2 aliphatic rings. The second kappa shape index (κ2) is 5.30. The molecule has 21 heavy (non-hydrogen) atoms. The summed E-state index contributed by atoms with van der Waals surface area (Å²) in [6, 6.07) is 3.23. The normalized spacial score (nSPS) is 28.3. The number of anilines is 1. The van der Waals surface area contributed by atoms with E-state index in [1.807, 2.05) is 0 Å². The minimum atomic E-state index is -0.151. The zero-order valence-corrected chi connectivity index (χ0v) is 12.6. The predicted molar refractivity (Wildman–Crippen MR) is 79.2 cm³/mol. The Morgan fingerprint density at radius 1 is 1.29 bits per heavy atom. The molecule has 5 nitrogen and oxygen atoms in total. The molecule has 3 rings (SSSR count). The van der Waals surface area contributed by atoms with Crippen LogP contribution in [0.15, 0.2) is 12.1 Å². The first-order valence-electron chi connectivity index (χ1n) is 7.27. The van der Waals surface area contributed by atoms with Crippen LogP contribution in [0.25, 0.3) is 0 Å². The highest BCUT2D eigenvalue weighted by atomic mass is 35.5. The van der Waals surface area contributed by atoms with Gasteiger partial charge in [-0.3, -0.25) is 14.5 Å². The van der Waals surface area contributed by atoms with E-state index in [1.54, 1.807) is 12.1 Å². The third kappa shape index (κ3) is 2.39. The van der Waals surface area contributed by atoms with Gasteiger partial charge in [-0.05, 0) is 30.9 Å². The highest BCUT2D eigenvalue weighted by Crippen LogP contribution is 2.44. The smallest absolute Gasteiger partial charge is 0.233 e. The first kappa shape index (κ1) is 14.3. The highest BCUT2D eigenvalue weighted by Gasteiger charge is 2.52. The molecule has 0 spiro atoms. The molecule has 6 heteroatoms. The Balaban J connectivity index is 1.80. The molecule has 0 aromatic carbocycles. The van der Waals surface area contributed by atoms with Gasteiger partial charge in [0, 0.05) is 0 Å². The standard InChI is InChI=1S/C15H18ClN3O2/c1-2-8-5-9-10(6-8)15(21)19(14(9)20)7-12-11(16)3-4-13(17)18-12/h3-4,8-10H,2,5-7H2,1H3,(H2,17,18). The number of nitrogens with two attached hydrogens (primary N) is 1. The van der Waals surface area contributed by atoms with Gasteiger partial charge in [0.1, 0.15) is 5.82 Å². The quantitative estimate of drug-likeness (QED) is 0.869. The number of rotatable bonds is 3. The highest BCUT2D eigenvalue weighted by molar-refractivity contribution is 6.31. The number of nitrogens with zero attached hydrogens (tertiary/aromatic N) is 2. The lowest BCUT2D eigenvalue weighted by atomic mass is 10.00. The number of carbonyl (C=O) groups is 2. The average molecular weight is 308 g/mol. The van der Waals surface area contributed by atoms with Crippen LogP contribution >= 0.6 is 11.6 Å². The SMILES string of the molecule is CCC1CC2C(=O)N(Cc3nc(N)ccc3Cl)C(=O)C2C1. The third-order valence-corrected chi connectivity index (χ3v) is 5.00. The summed E-state index contributed by atoms with van der Waals surface area (Å²) in [5.41, 5.74) is 6.12. The zero-order chi connectivity index (χ0) is 15.1. The summed E-state index contributed by atoms with van der Waals surface area (Å²) in [5.74, 6) is 0.357. The molecular formula is C15H18ClN3O2. The first-order valence-corrected chi connectivity index (χ1v) is 7.65. The molecule has 1 saturated heterocycles. The molecule has 112 valence electrons. The molecule has 1 saturated carbocycles. The maximum absolute atomic E-state index is 12.5. The summed E-state index contributed by atoms with van der Waals surface area (Å²) in [4.78, 5) is 30.4. The number of carbonyl (C=O) groups excluding carboxylic acids is 2. The number of pyridine rings is 1. The Morgan fingerprint density at radius 2 is 1.90 bits per heavy atom. The van der Waals surface area contributed by atoms with Crippen molar-refractivity contribution in [3.05, 3.63) is 22.8 Å². The second-order valence-electron chi connectivity index (χ2n) is 5.89. The van der Waals surface area contributed by atoms with Crippen LogP contribution in [0.2, 0.25) is 5.02 Å². The fourth-order valence-corrected chi connectivity index (χ4v) is 3.61. The van der Waals surface area contributed by atoms with E-state index in [2.05, 4.69) is 11.9 Å². The van der Waals surface area contributed by atoms with Crippen LogP contribution in [0.4, 0.5) is 5.82 Å². The molecule has 1 aromatic heterocycles. The molecule has 0 bridgehead atoms. The van der Waals surface area contributed by atoms with Crippen molar-refractivity contribution < 1.29 is 9.59 Å². The van der Waals surface area contributed by atoms with Gasteiger partial charge in [-0.15, -0.1) is 0 Å². The van der Waals surface area contributed by atoms with Gasteiger partial charge in [0.15, 0.2) is 0 Å². The summed E-state index contributed by atoms with van der Waals surface area (Å²) in [7, 11) is 0. The van der Waals surface area contributed by atoms with E-state index in [1.165, 1.54) is 4.90 Å². The fourth-order valence-electron chi connectivity index (χ4n) is 3.45. The molecule has 2 N–H and O–H groups in total. The van der Waals surface area contributed by atoms with Gasteiger partial charge < -0.3 is 5.73 Å². The van der Waals surface area contributed by atoms with Gasteiger partial charge in [0.2, 0.25) is 11.8 Å². The number of halogens is 1. The number of hydrogen-bond donors (Lipinski definition) is 1. The molecule has 1 aliphatic carbocycles. The van der Waals surface area contributed by atoms with E-state index in [9.17, 15) is 9.59 Å². The van der Waals surface area contributed by atoms with Crippen molar-refractivity contribution in [2.45, 2.75) is 32.7 Å². The summed E-state index contributed by atoms with van der Waals surface area (Å²) in [6.07, 6.45) is 2.66. The Labute approximate surface area is 128 Å². The predicted octanol–water partition coefficient (Wildman–Crippen LogP) is 2.24. The Kier molecular flexibility index (Phi) is 3.61. The third-order valence-electron chi connectivity index (χ3n) is 4.65. The van der Waals surface area contributed by atoms with E-state index in [0.717, 1.165) is 19.3 Å². The minimum Gasteiger partial charge on any atom is -0.384 e. The molecular weight excluding hydrogens is 290 g/mol. The number of amides is 2. The van der Waals surface area contributed by atoms with E-state index in [0.29, 0.717) is 22.5 Å². The lowest BCUT2D eigenvalue weighted by Gasteiger charge is -2.17. The van der Waals surface area contributed by atoms with E-state index in [4.69, 9.17) is 17.3 Å². The maximum atomic E-state index is 12.5. The van der Waals surface area contributed by atoms with Gasteiger partial charge in [-0.25, -0.2) is 4.98 Å². The van der Waals surface area contributed by atoms with Crippen molar-refractivity contribution in [3.63, 3.8) is 0 Å². The van der Waals surface area contributed by atoms with Crippen LogP contribution in [0.1, 0.15) is 31.9 Å². The summed E-state index contributed by atoms with van der Waals surface area (Å²) in [6.45, 7) is 2.22. The van der Waals surface area contributed by atoms with Gasteiger partial charge in [-0.1, -0.05) is 24.9 Å². The van der Waals surface area contributed by atoms with Gasteiger partial charge in [-0.2, -0.15) is 0 Å². The lowest BCUT2D eigenvalue weighted by molar-refractivity contribution is -0.141. The van der Waals surface area contributed by atoms with Crippen molar-refractivity contribution in [2.24, 2.45) is 17.8 Å². The molecule has 1 aromatic rings. The molecule has 2 heterocycles. The van der Waals surface area contributed by atoms with Gasteiger partial charge >= 0.3 is 0 Å². The van der Waals surface area contributed by atoms with Crippen molar-refractivity contribution in [1.82, 2.24) is 9.88 Å². The number of hydrogen-bond acceptors (Lipinski definition) is 4. The van der Waals surface area contributed by atoms with Crippen molar-refractivity contribution in [2.75, 3.05) is 5.73 Å². The van der Waals surface area contributed by atoms with E-state index < -0.39 is 0 Å². The Hall–Kier alpha value is -1.62. The average Bonchev–Trinajstić information content (AvgIpc) is 2.98. The topological polar surface area (TPSA) is 76.3 Å². The molecule has 2 amide bonds. The van der Waals surface area contributed by atoms with Gasteiger partial charge in [0.05, 0.1) is 29.1 Å². The number of fused-ring (bicyclic) bond motifs is 1. The van der Waals surface area contributed by atoms with Crippen LogP contribution in [-0.2, 0) is 16.1 Å². The molecule has 2 fully saturated rings. The maximum Gasteiger partial charge on any atom is 0.233 e. The van der Waals surface area contributed by atoms with Crippen LogP contribution in [0.5, 0.6) is 0 Å². The summed E-state index contributed by atoms with van der Waals surface area (Å²) < 4.78 is 0. The summed E-state index contributed by atoms with van der Waals surface area (Å²) >= 11 is 6.07. The number of likely N-dealkylation sites (tertiary alicyclic amines) is 1.